The van der Waals surface area contributed by atoms with E-state index in [1.807, 2.05) is 30.3 Å². The third kappa shape index (κ3) is 6.29. The number of hydrogen-bond donors (Lipinski definition) is 1. The fourth-order valence-electron chi connectivity index (χ4n) is 4.50. The first-order valence-electron chi connectivity index (χ1n) is 13.3. The minimum Gasteiger partial charge on any atom is -0.311 e. The Morgan fingerprint density at radius 1 is 0.892 bits per heavy atom. The summed E-state index contributed by atoms with van der Waals surface area (Å²) in [5.74, 6) is -2.24. The molecule has 3 heterocycles. The van der Waals surface area contributed by atoms with Gasteiger partial charge in [0.25, 0.3) is 0 Å². The Labute approximate surface area is 216 Å². The molecule has 198 valence electrons. The summed E-state index contributed by atoms with van der Waals surface area (Å²) in [4.78, 5) is 4.25. The fraction of sp³-hybridized carbons (Fsp3) is 0.519. The van der Waals surface area contributed by atoms with E-state index in [1.54, 1.807) is 11.6 Å². The van der Waals surface area contributed by atoms with Crippen LogP contribution in [0.1, 0.15) is 88.6 Å². The van der Waals surface area contributed by atoms with E-state index < -0.39 is 5.92 Å². The molecule has 10 heteroatoms. The van der Waals surface area contributed by atoms with E-state index >= 15 is 0 Å². The van der Waals surface area contributed by atoms with Crippen molar-refractivity contribution in [3.05, 3.63) is 59.3 Å². The Kier molecular flexibility index (Phi) is 8.78. The number of unbranched alkanes of at least 4 members (excludes halogenated alkanes) is 3. The summed E-state index contributed by atoms with van der Waals surface area (Å²) < 4.78 is 32.9. The van der Waals surface area contributed by atoms with Gasteiger partial charge < -0.3 is 4.57 Å². The number of aromatic amines is 1. The van der Waals surface area contributed by atoms with Crippen LogP contribution in [-0.4, -0.2) is 40.0 Å². The monoisotopic (exact) mass is 510 g/mol. The summed E-state index contributed by atoms with van der Waals surface area (Å²) in [6.07, 6.45) is 6.96. The second kappa shape index (κ2) is 12.2. The maximum absolute atomic E-state index is 14.6. The number of tetrazole rings is 1. The average Bonchev–Trinajstić information content (AvgIpc) is 3.64. The number of halogens is 2. The Hall–Kier alpha value is -3.43. The fourth-order valence-corrected chi connectivity index (χ4v) is 4.50. The summed E-state index contributed by atoms with van der Waals surface area (Å²) in [6.45, 7) is 6.40. The van der Waals surface area contributed by atoms with Crippen molar-refractivity contribution in [2.45, 2.75) is 91.0 Å². The molecule has 8 nitrogen and oxygen atoms in total. The normalized spacial score (nSPS) is 11.9. The molecular formula is C27H36F2N8. The molecule has 0 aliphatic rings. The number of aryl methyl sites for hydroxylation is 2. The molecule has 0 amide bonds. The zero-order chi connectivity index (χ0) is 26.3. The van der Waals surface area contributed by atoms with Crippen molar-refractivity contribution < 1.29 is 8.78 Å². The van der Waals surface area contributed by atoms with Gasteiger partial charge in [0.15, 0.2) is 0 Å². The van der Waals surface area contributed by atoms with Crippen molar-refractivity contribution in [1.29, 1.82) is 0 Å². The van der Waals surface area contributed by atoms with E-state index in [9.17, 15) is 8.78 Å². The summed E-state index contributed by atoms with van der Waals surface area (Å²) >= 11 is 0. The number of aromatic nitrogens is 8. The zero-order valence-electron chi connectivity index (χ0n) is 21.9. The number of alkyl halides is 2. The molecule has 0 saturated carbocycles. The number of hydrogen-bond acceptors (Lipinski definition) is 5. The number of benzene rings is 1. The molecule has 4 rings (SSSR count). The molecule has 0 aliphatic heterocycles. The summed E-state index contributed by atoms with van der Waals surface area (Å²) in [5, 5.41) is 18.9. The first kappa shape index (κ1) is 26.6. The van der Waals surface area contributed by atoms with E-state index in [-0.39, 0.29) is 12.2 Å². The quantitative estimate of drug-likeness (QED) is 0.202. The van der Waals surface area contributed by atoms with Gasteiger partial charge >= 0.3 is 5.92 Å². The first-order chi connectivity index (χ1) is 18.0. The average molecular weight is 511 g/mol. The van der Waals surface area contributed by atoms with Crippen molar-refractivity contribution in [2.75, 3.05) is 0 Å². The van der Waals surface area contributed by atoms with Crippen LogP contribution in [0.4, 0.5) is 8.78 Å². The highest BCUT2D eigenvalue weighted by Gasteiger charge is 2.36. The van der Waals surface area contributed by atoms with Crippen LogP contribution in [0.15, 0.2) is 36.4 Å². The summed E-state index contributed by atoms with van der Waals surface area (Å²) in [7, 11) is 0. The molecule has 0 atom stereocenters. The highest BCUT2D eigenvalue weighted by atomic mass is 19.3. The summed E-state index contributed by atoms with van der Waals surface area (Å²) in [6, 6.07) is 12.2. The van der Waals surface area contributed by atoms with Gasteiger partial charge in [-0.25, -0.2) is 9.67 Å². The van der Waals surface area contributed by atoms with Crippen molar-refractivity contribution in [1.82, 2.24) is 40.0 Å². The Morgan fingerprint density at radius 3 is 2.35 bits per heavy atom. The largest absolute Gasteiger partial charge is 0.311 e. The number of H-pyrrole nitrogens is 1. The van der Waals surface area contributed by atoms with Gasteiger partial charge in [0.05, 0.1) is 12.2 Å². The second-order valence-electron chi connectivity index (χ2n) is 9.47. The highest BCUT2D eigenvalue weighted by Crippen LogP contribution is 2.31. The van der Waals surface area contributed by atoms with Crippen LogP contribution in [0.25, 0.3) is 17.2 Å². The van der Waals surface area contributed by atoms with Gasteiger partial charge in [0.2, 0.25) is 11.6 Å². The smallest absolute Gasteiger partial charge is 0.308 e. The molecule has 37 heavy (non-hydrogen) atoms. The lowest BCUT2D eigenvalue weighted by Crippen LogP contribution is -2.15. The minimum atomic E-state index is -3.01. The first-order valence-corrected chi connectivity index (χ1v) is 13.3. The third-order valence-corrected chi connectivity index (χ3v) is 6.49. The molecule has 0 fully saturated rings. The van der Waals surface area contributed by atoms with Crippen LogP contribution in [0.2, 0.25) is 0 Å². The Bertz CT molecular complexity index is 1240. The molecule has 0 radical (unpaired) electrons. The Morgan fingerprint density at radius 2 is 1.68 bits per heavy atom. The standard InChI is InChI=1S/C27H36F2N8/c1-4-7-9-10-21-16-17-23(25-31-34-35-32-25)37(21)22-14-12-20(13-15-22)19-36-24(11-8-5-2)30-26(33-36)27(28,29)18-6-3/h12-17H,4-11,18-19H2,1-3H3,(H,31,32,34,35). The lowest BCUT2D eigenvalue weighted by atomic mass is 10.1. The molecule has 0 aliphatic carbocycles. The highest BCUT2D eigenvalue weighted by molar-refractivity contribution is 5.56. The predicted molar refractivity (Wildman–Crippen MR) is 139 cm³/mol. The lowest BCUT2D eigenvalue weighted by Gasteiger charge is -2.13. The van der Waals surface area contributed by atoms with Gasteiger partial charge in [-0.15, -0.1) is 15.3 Å². The maximum atomic E-state index is 14.6. The number of nitrogens with one attached hydrogen (secondary N) is 1. The van der Waals surface area contributed by atoms with Gasteiger partial charge in [-0.2, -0.15) is 14.0 Å². The van der Waals surface area contributed by atoms with Crippen molar-refractivity contribution >= 4 is 0 Å². The molecule has 0 unspecified atom stereocenters. The summed E-state index contributed by atoms with van der Waals surface area (Å²) in [5.41, 5.74) is 4.01. The van der Waals surface area contributed by atoms with Gasteiger partial charge in [-0.1, -0.05) is 52.2 Å². The van der Waals surface area contributed by atoms with Crippen molar-refractivity contribution in [2.24, 2.45) is 0 Å². The van der Waals surface area contributed by atoms with Crippen LogP contribution < -0.4 is 0 Å². The Balaban J connectivity index is 1.61. The topological polar surface area (TPSA) is 90.1 Å². The van der Waals surface area contributed by atoms with Crippen molar-refractivity contribution in [3.63, 3.8) is 0 Å². The van der Waals surface area contributed by atoms with Crippen molar-refractivity contribution in [3.8, 4) is 17.2 Å². The number of rotatable bonds is 14. The SMILES string of the molecule is CCCCCc1ccc(-c2nn[nH]n2)n1-c1ccc(Cn2nc(C(F)(F)CCC)nc2CCCC)cc1. The van der Waals surface area contributed by atoms with Crippen LogP contribution in [-0.2, 0) is 25.3 Å². The molecule has 1 aromatic carbocycles. The van der Waals surface area contributed by atoms with Gasteiger partial charge in [0.1, 0.15) is 5.82 Å². The maximum Gasteiger partial charge on any atom is 0.308 e. The number of nitrogens with zero attached hydrogens (tertiary/aromatic N) is 7. The van der Waals surface area contributed by atoms with E-state index in [1.165, 1.54) is 12.1 Å². The zero-order valence-corrected chi connectivity index (χ0v) is 21.9. The van der Waals surface area contributed by atoms with E-state index in [2.05, 4.69) is 55.2 Å². The molecule has 4 aromatic rings. The molecule has 0 bridgehead atoms. The third-order valence-electron chi connectivity index (χ3n) is 6.49. The molecule has 0 saturated heterocycles. The lowest BCUT2D eigenvalue weighted by molar-refractivity contribution is -0.0232. The molecule has 0 spiro atoms. The van der Waals surface area contributed by atoms with Crippen LogP contribution in [0.5, 0.6) is 0 Å². The van der Waals surface area contributed by atoms with Crippen LogP contribution >= 0.6 is 0 Å². The second-order valence-corrected chi connectivity index (χ2v) is 9.47. The predicted octanol–water partition coefficient (Wildman–Crippen LogP) is 6.26. The van der Waals surface area contributed by atoms with E-state index in [0.717, 1.165) is 49.0 Å². The molecular weight excluding hydrogens is 474 g/mol. The minimum absolute atomic E-state index is 0.251. The van der Waals surface area contributed by atoms with Gasteiger partial charge in [-0.3, -0.25) is 0 Å². The van der Waals surface area contributed by atoms with E-state index in [4.69, 9.17) is 0 Å². The van der Waals surface area contributed by atoms with Crippen LogP contribution in [0, 0.1) is 0 Å². The van der Waals surface area contributed by atoms with Gasteiger partial charge in [-0.05, 0) is 60.7 Å². The van der Waals surface area contributed by atoms with Gasteiger partial charge in [0, 0.05) is 24.2 Å². The van der Waals surface area contributed by atoms with Crippen LogP contribution in [0.3, 0.4) is 0 Å². The molecule has 3 aromatic heterocycles. The molecule has 1 N–H and O–H groups in total. The van der Waals surface area contributed by atoms with E-state index in [0.29, 0.717) is 31.0 Å².